The van der Waals surface area contributed by atoms with Gasteiger partial charge in [-0.2, -0.15) is 29.3 Å². The molecule has 0 spiro atoms. The summed E-state index contributed by atoms with van der Waals surface area (Å²) in [4.78, 5) is 93.4. The number of benzene rings is 8. The van der Waals surface area contributed by atoms with Crippen LogP contribution in [0.2, 0.25) is 5.02 Å². The molecule has 0 radical (unpaired) electrons. The van der Waals surface area contributed by atoms with E-state index in [-0.39, 0.29) is 59.2 Å². The first kappa shape index (κ1) is 99.5. The first-order chi connectivity index (χ1) is 64.5. The zero-order valence-corrected chi connectivity index (χ0v) is 77.3. The molecule has 8 aromatic carbocycles. The van der Waals surface area contributed by atoms with Crippen LogP contribution in [-0.2, 0) is 6.54 Å². The van der Waals surface area contributed by atoms with Crippen molar-refractivity contribution in [2.75, 3.05) is 182 Å². The summed E-state index contributed by atoms with van der Waals surface area (Å²) in [5.41, 5.74) is 34.1. The van der Waals surface area contributed by atoms with Gasteiger partial charge in [0.15, 0.2) is 5.13 Å². The van der Waals surface area contributed by atoms with Crippen molar-refractivity contribution >= 4 is 170 Å². The Morgan fingerprint density at radius 2 is 0.669 bits per heavy atom. The van der Waals surface area contributed by atoms with Gasteiger partial charge in [0.2, 0.25) is 15.4 Å². The first-order valence-electron chi connectivity index (χ1n) is 42.4. The number of aromatic nitrogens is 10. The lowest BCUT2D eigenvalue weighted by Gasteiger charge is -2.31. The maximum absolute atomic E-state index is 13.0. The van der Waals surface area contributed by atoms with E-state index in [0.717, 1.165) is 199 Å². The number of methoxy groups -OCH3 is 2. The summed E-state index contributed by atoms with van der Waals surface area (Å²) in [6.07, 6.45) is 5.09. The fraction of sp³-hybridized carbons (Fsp3) is 0.237. The number of nitrogens with zero attached hydrogens (tertiary/aromatic N) is 15. The number of ether oxygens (including phenoxy) is 2. The molecule has 706 valence electrons. The lowest BCUT2D eigenvalue weighted by Crippen LogP contribution is -2.43. The van der Waals surface area contributed by atoms with Crippen molar-refractivity contribution in [2.24, 2.45) is 0 Å². The molecule has 0 aliphatic carbocycles. The number of carbonyl (C=O) groups is 5. The number of carbonyl (C=O) groups excluding carboxylic acids is 5. The predicted octanol–water partition coefficient (Wildman–Crippen LogP) is 16.7. The molecule has 136 heavy (non-hydrogen) atoms. The number of para-hydroxylation sites is 8. The van der Waals surface area contributed by atoms with Gasteiger partial charge in [-0.25, -0.2) is 19.9 Å². The van der Waals surface area contributed by atoms with Crippen LogP contribution in [0.15, 0.2) is 233 Å². The number of rotatable bonds is 21. The Hall–Kier alpha value is -13.9. The summed E-state index contributed by atoms with van der Waals surface area (Å²) in [6.45, 7) is 14.9. The Labute approximate surface area is 818 Å². The average molecular weight is 1990 g/mol. The normalized spacial score (nSPS) is 13.8. The molecule has 5 aliphatic heterocycles. The van der Waals surface area contributed by atoms with E-state index in [2.05, 4.69) is 113 Å². The molecule has 0 atom stereocenters. The summed E-state index contributed by atoms with van der Waals surface area (Å²) >= 11 is 14.6. The van der Waals surface area contributed by atoms with Gasteiger partial charge in [-0.3, -0.25) is 28.9 Å². The number of hydrogen-bond acceptors (Lipinski definition) is 29. The third-order valence-electron chi connectivity index (χ3n) is 22.4. The summed E-state index contributed by atoms with van der Waals surface area (Å²) in [5, 5.41) is 48.2. The Morgan fingerprint density at radius 3 is 0.993 bits per heavy atom. The quantitative estimate of drug-likeness (QED) is 0.0318. The summed E-state index contributed by atoms with van der Waals surface area (Å²) in [7, 11) is 3.20. The fourth-order valence-electron chi connectivity index (χ4n) is 15.5. The summed E-state index contributed by atoms with van der Waals surface area (Å²) < 4.78 is 16.1. The SMILES string of the molecule is C.C.C.C.COc1ccc(-c2cnn(-c3nc(C(=O)Nc4ccccc4N4CCNCC4)cs3)c2N)cc1.COc1ccc2c(c1)C(=O)N(c1nc(C(=O)Nc3ccccc3N3CCNCC3)cs1)C2.Nc1c(-c2ccc(Br)cc2)cnn1-c1nc(C(=O)Nc2ccccc2N2CCNCC2)cs1.Nc1c(-c2ccc(Cl)cc2)cnn1-c1nc(C(=O)Nc2ccccc2N2CCNCC2)cs1. The molecule has 39 heteroatoms. The summed E-state index contributed by atoms with van der Waals surface area (Å²) in [6, 6.07) is 59.6. The Kier molecular flexibility index (Phi) is 33.9. The lowest BCUT2D eigenvalue weighted by atomic mass is 10.1. The van der Waals surface area contributed by atoms with Gasteiger partial charge < -0.3 is 88.8 Å². The van der Waals surface area contributed by atoms with Crippen LogP contribution in [0, 0.1) is 0 Å². The number of thiazole rings is 4. The van der Waals surface area contributed by atoms with Crippen molar-refractivity contribution in [3.05, 3.63) is 272 Å². The molecular weight excluding hydrogens is 1880 g/mol. The van der Waals surface area contributed by atoms with Gasteiger partial charge in [0.1, 0.15) is 51.7 Å². The van der Waals surface area contributed by atoms with E-state index in [0.29, 0.717) is 83.6 Å². The van der Waals surface area contributed by atoms with Crippen molar-refractivity contribution in [2.45, 2.75) is 36.3 Å². The number of anilines is 12. The molecule has 7 aromatic heterocycles. The minimum Gasteiger partial charge on any atom is -0.497 e. The van der Waals surface area contributed by atoms with Crippen molar-refractivity contribution in [3.63, 3.8) is 0 Å². The monoisotopic (exact) mass is 1990 g/mol. The van der Waals surface area contributed by atoms with Crippen molar-refractivity contribution in [1.82, 2.24) is 70.5 Å². The molecule has 4 saturated heterocycles. The van der Waals surface area contributed by atoms with Crippen LogP contribution >= 0.6 is 72.9 Å². The topological polar surface area (TPSA) is 399 Å². The molecule has 5 amide bonds. The number of nitrogens with two attached hydrogens (primary N) is 3. The minimum absolute atomic E-state index is 0. The van der Waals surface area contributed by atoms with Crippen LogP contribution in [-0.4, -0.2) is 198 Å². The molecule has 15 aromatic rings. The fourth-order valence-corrected chi connectivity index (χ4v) is 19.0. The summed E-state index contributed by atoms with van der Waals surface area (Å²) in [5.74, 6) is 1.55. The van der Waals surface area contributed by atoms with Crippen LogP contribution < -0.4 is 93.7 Å². The lowest BCUT2D eigenvalue weighted by molar-refractivity contribution is 0.0990. The maximum Gasteiger partial charge on any atom is 0.275 e. The Balaban J connectivity index is 0.000000152. The molecule has 0 bridgehead atoms. The molecule has 12 heterocycles. The Bertz CT molecular complexity index is 6400. The van der Waals surface area contributed by atoms with E-state index in [4.69, 9.17) is 38.3 Å². The molecule has 0 unspecified atom stereocenters. The van der Waals surface area contributed by atoms with Crippen LogP contribution in [0.4, 0.5) is 68.1 Å². The molecule has 20 rings (SSSR count). The molecular formula is C97H108BrClN26O7S4. The van der Waals surface area contributed by atoms with Gasteiger partial charge in [0, 0.05) is 158 Å². The largest absolute Gasteiger partial charge is 0.497 e. The molecule has 33 nitrogen and oxygen atoms in total. The highest BCUT2D eigenvalue weighted by Gasteiger charge is 2.33. The Morgan fingerprint density at radius 1 is 0.382 bits per heavy atom. The molecule has 14 N–H and O–H groups in total. The second kappa shape index (κ2) is 46.3. The zero-order valence-electron chi connectivity index (χ0n) is 71.6. The number of amides is 5. The van der Waals surface area contributed by atoms with Crippen LogP contribution in [0.1, 0.15) is 87.6 Å². The maximum atomic E-state index is 13.0. The van der Waals surface area contributed by atoms with Gasteiger partial charge in [0.05, 0.1) is 84.9 Å². The zero-order chi connectivity index (χ0) is 91.1. The van der Waals surface area contributed by atoms with Gasteiger partial charge >= 0.3 is 0 Å². The molecule has 0 saturated carbocycles. The second-order valence-corrected chi connectivity index (χ2v) is 35.3. The first-order valence-corrected chi connectivity index (χ1v) is 47.1. The van der Waals surface area contributed by atoms with Crippen molar-refractivity contribution in [1.29, 1.82) is 0 Å². The van der Waals surface area contributed by atoms with Gasteiger partial charge in [0.25, 0.3) is 29.5 Å². The number of nitrogen functional groups attached to an aromatic ring is 3. The molecule has 5 aliphatic rings. The van der Waals surface area contributed by atoms with Gasteiger partial charge in [-0.1, -0.05) is 148 Å². The number of halogens is 2. The average Bonchev–Trinajstić information content (AvgIpc) is 1.65. The van der Waals surface area contributed by atoms with E-state index in [1.807, 2.05) is 170 Å². The highest BCUT2D eigenvalue weighted by Crippen LogP contribution is 2.39. The van der Waals surface area contributed by atoms with Crippen molar-refractivity contribution in [3.8, 4) is 60.3 Å². The predicted molar refractivity (Wildman–Crippen MR) is 557 cm³/mol. The van der Waals surface area contributed by atoms with Gasteiger partial charge in [-0.05, 0) is 119 Å². The standard InChI is InChI=1S/C24H25N7O2S.C23H22BrN7OS.C23H22ClN7OS.C23H23N5O3S.4CH4/c1-33-17-8-6-16(7-9-17)18-14-27-31(22(18)25)24-29-20(15-34-24)23(32)28-19-4-2-3-5-21(19)30-12-10-26-11-13-30;2*24-16-7-5-15(6-8-16)17-13-27-31(21(17)25)23-29-19(14-33-23)22(32)28-18-3-1-2-4-20(18)30-11-9-26-10-12-30;1-31-16-7-6-15-13-28(22(30)17(15)12-16)23-26-19(14-32-23)21(29)25-18-4-2-3-5-20(18)27-10-8-24-9-11-27;;;;/h2-9,14-15,26H,10-13,25H2,1H3,(H,28,32);2*1-8,13-14,26H,9-12,25H2,(H,28,32);2-7,12,14,24H,8-11,13H2,1H3,(H,25,29);4*1H4. The van der Waals surface area contributed by atoms with Crippen LogP contribution in [0.5, 0.6) is 11.5 Å². The minimum atomic E-state index is -0.291. The van der Waals surface area contributed by atoms with Crippen molar-refractivity contribution < 1.29 is 33.4 Å². The number of hydrogen-bond donors (Lipinski definition) is 11. The number of fused-ring (bicyclic) bond motifs is 1. The highest BCUT2D eigenvalue weighted by atomic mass is 79.9. The van der Waals surface area contributed by atoms with E-state index in [1.165, 1.54) is 45.3 Å². The molecule has 4 fully saturated rings. The van der Waals surface area contributed by atoms with E-state index in [9.17, 15) is 24.0 Å². The van der Waals surface area contributed by atoms with E-state index in [1.54, 1.807) is 91.5 Å². The number of nitrogens with one attached hydrogen (secondary N) is 8. The van der Waals surface area contributed by atoms with Crippen LogP contribution in [0.3, 0.4) is 0 Å². The third-order valence-corrected chi connectivity index (χ3v) is 26.5. The van der Waals surface area contributed by atoms with E-state index < -0.39 is 0 Å². The van der Waals surface area contributed by atoms with Crippen LogP contribution in [0.25, 0.3) is 48.8 Å². The third kappa shape index (κ3) is 23.0. The van der Waals surface area contributed by atoms with E-state index >= 15 is 0 Å². The highest BCUT2D eigenvalue weighted by molar-refractivity contribution is 9.10. The number of piperazine rings is 4. The smallest absolute Gasteiger partial charge is 0.275 e. The second-order valence-electron chi connectivity index (χ2n) is 30.6. The van der Waals surface area contributed by atoms with Gasteiger partial charge in [-0.15, -0.1) is 45.3 Å².